The van der Waals surface area contributed by atoms with Crippen molar-refractivity contribution in [1.29, 1.82) is 0 Å². The Hall–Kier alpha value is -1.79. The fraction of sp³-hybridized carbons (Fsp3) is 0.571. The summed E-state index contributed by atoms with van der Waals surface area (Å²) in [5.74, 6) is -1.34. The van der Waals surface area contributed by atoms with Crippen molar-refractivity contribution in [3.63, 3.8) is 0 Å². The minimum Gasteiger partial charge on any atom is -0.384 e. The quantitative estimate of drug-likeness (QED) is 0.913. The van der Waals surface area contributed by atoms with E-state index in [2.05, 4.69) is 4.98 Å². The molecule has 21 heavy (non-hydrogen) atoms. The van der Waals surface area contributed by atoms with Gasteiger partial charge < -0.3 is 10.6 Å². The molecule has 2 N–H and O–H groups in total. The number of hydrogen-bond donors (Lipinski definition) is 1. The predicted octanol–water partition coefficient (Wildman–Crippen LogP) is 2.64. The van der Waals surface area contributed by atoms with Crippen LogP contribution >= 0.6 is 0 Å². The van der Waals surface area contributed by atoms with Gasteiger partial charge in [0.1, 0.15) is 5.82 Å². The summed E-state index contributed by atoms with van der Waals surface area (Å²) in [7, 11) is 0. The Morgan fingerprint density at radius 2 is 2.00 bits per heavy atom. The molecule has 4 nitrogen and oxygen atoms in total. The van der Waals surface area contributed by atoms with Gasteiger partial charge in [0.15, 0.2) is 0 Å². The Balaban J connectivity index is 2.07. The SMILES string of the molecule is CCc1cc(C(=O)N2CCC(C(F)(F)F)CC2)cc(N)n1. The standard InChI is InChI=1S/C14H18F3N3O/c1-2-11-7-9(8-12(18)19-11)13(21)20-5-3-10(4-6-20)14(15,16)17/h7-8,10H,2-6H2,1H3,(H2,18,19). The Labute approximate surface area is 121 Å². The number of piperidine rings is 1. The number of rotatable bonds is 2. The van der Waals surface area contributed by atoms with E-state index in [0.717, 1.165) is 0 Å². The van der Waals surface area contributed by atoms with Crippen molar-refractivity contribution in [3.05, 3.63) is 23.4 Å². The number of likely N-dealkylation sites (tertiary alicyclic amines) is 1. The van der Waals surface area contributed by atoms with E-state index in [4.69, 9.17) is 5.73 Å². The summed E-state index contributed by atoms with van der Waals surface area (Å²) in [6, 6.07) is 3.12. The predicted molar refractivity (Wildman–Crippen MR) is 72.7 cm³/mol. The number of halogens is 3. The second kappa shape index (κ2) is 5.91. The second-order valence-corrected chi connectivity index (χ2v) is 5.23. The average Bonchev–Trinajstić information content (AvgIpc) is 2.45. The number of aryl methyl sites for hydroxylation is 1. The lowest BCUT2D eigenvalue weighted by atomic mass is 9.96. The number of nitrogens with zero attached hydrogens (tertiary/aromatic N) is 2. The number of hydrogen-bond acceptors (Lipinski definition) is 3. The first-order chi connectivity index (χ1) is 9.81. The molecule has 1 aliphatic heterocycles. The highest BCUT2D eigenvalue weighted by Crippen LogP contribution is 2.34. The van der Waals surface area contributed by atoms with Crippen LogP contribution in [-0.2, 0) is 6.42 Å². The van der Waals surface area contributed by atoms with Gasteiger partial charge in [0.05, 0.1) is 5.92 Å². The summed E-state index contributed by atoms with van der Waals surface area (Å²) in [6.45, 7) is 2.13. The van der Waals surface area contributed by atoms with Crippen LogP contribution in [0, 0.1) is 5.92 Å². The number of carbonyl (C=O) groups is 1. The summed E-state index contributed by atoms with van der Waals surface area (Å²) in [4.78, 5) is 17.9. The number of anilines is 1. The third kappa shape index (κ3) is 3.65. The lowest BCUT2D eigenvalue weighted by Gasteiger charge is -2.33. The van der Waals surface area contributed by atoms with Crippen LogP contribution < -0.4 is 5.73 Å². The highest BCUT2D eigenvalue weighted by Gasteiger charge is 2.41. The Bertz CT molecular complexity index is 523. The van der Waals surface area contributed by atoms with Gasteiger partial charge in [-0.15, -0.1) is 0 Å². The van der Waals surface area contributed by atoms with Crippen LogP contribution in [0.25, 0.3) is 0 Å². The van der Waals surface area contributed by atoms with E-state index in [9.17, 15) is 18.0 Å². The lowest BCUT2D eigenvalue weighted by Crippen LogP contribution is -2.42. The molecule has 0 atom stereocenters. The maximum absolute atomic E-state index is 12.6. The van der Waals surface area contributed by atoms with Crippen molar-refractivity contribution in [2.24, 2.45) is 5.92 Å². The monoisotopic (exact) mass is 301 g/mol. The van der Waals surface area contributed by atoms with Gasteiger partial charge in [-0.25, -0.2) is 4.98 Å². The fourth-order valence-electron chi connectivity index (χ4n) is 2.51. The van der Waals surface area contributed by atoms with E-state index in [1.165, 1.54) is 11.0 Å². The summed E-state index contributed by atoms with van der Waals surface area (Å²) in [5.41, 5.74) is 6.74. The van der Waals surface area contributed by atoms with Gasteiger partial charge in [0.2, 0.25) is 0 Å². The largest absolute Gasteiger partial charge is 0.391 e. The van der Waals surface area contributed by atoms with Crippen molar-refractivity contribution < 1.29 is 18.0 Å². The average molecular weight is 301 g/mol. The molecule has 1 aromatic heterocycles. The van der Waals surface area contributed by atoms with E-state index in [0.29, 0.717) is 17.7 Å². The van der Waals surface area contributed by atoms with E-state index < -0.39 is 12.1 Å². The van der Waals surface area contributed by atoms with Crippen LogP contribution in [0.3, 0.4) is 0 Å². The van der Waals surface area contributed by atoms with Gasteiger partial charge in [-0.1, -0.05) is 6.92 Å². The number of aromatic nitrogens is 1. The molecule has 2 rings (SSSR count). The molecule has 0 spiro atoms. The zero-order valence-corrected chi connectivity index (χ0v) is 11.8. The van der Waals surface area contributed by atoms with Crippen LogP contribution in [0.5, 0.6) is 0 Å². The van der Waals surface area contributed by atoms with Crippen LogP contribution in [0.1, 0.15) is 35.8 Å². The van der Waals surface area contributed by atoms with E-state index >= 15 is 0 Å². The third-order valence-electron chi connectivity index (χ3n) is 3.75. The number of nitrogen functional groups attached to an aromatic ring is 1. The summed E-state index contributed by atoms with van der Waals surface area (Å²) >= 11 is 0. The van der Waals surface area contributed by atoms with Crippen molar-refractivity contribution in [2.45, 2.75) is 32.4 Å². The minimum absolute atomic E-state index is 0.0452. The summed E-state index contributed by atoms with van der Waals surface area (Å²) in [5, 5.41) is 0. The molecule has 1 amide bonds. The van der Waals surface area contributed by atoms with Crippen molar-refractivity contribution >= 4 is 11.7 Å². The van der Waals surface area contributed by atoms with Gasteiger partial charge in [-0.05, 0) is 31.4 Å². The molecule has 1 aliphatic rings. The van der Waals surface area contributed by atoms with E-state index in [-0.39, 0.29) is 37.7 Å². The molecule has 1 aromatic rings. The highest BCUT2D eigenvalue weighted by molar-refractivity contribution is 5.95. The van der Waals surface area contributed by atoms with Crippen LogP contribution in [-0.4, -0.2) is 35.1 Å². The summed E-state index contributed by atoms with van der Waals surface area (Å²) < 4.78 is 37.8. The molecular formula is C14H18F3N3O. The van der Waals surface area contributed by atoms with E-state index in [1.54, 1.807) is 6.07 Å². The molecule has 0 radical (unpaired) electrons. The second-order valence-electron chi connectivity index (χ2n) is 5.23. The molecule has 2 heterocycles. The maximum Gasteiger partial charge on any atom is 0.391 e. The maximum atomic E-state index is 12.6. The molecule has 7 heteroatoms. The van der Waals surface area contributed by atoms with Crippen LogP contribution in [0.15, 0.2) is 12.1 Å². The summed E-state index contributed by atoms with van der Waals surface area (Å²) in [6.07, 6.45) is -3.63. The molecular weight excluding hydrogens is 283 g/mol. The lowest BCUT2D eigenvalue weighted by molar-refractivity contribution is -0.183. The smallest absolute Gasteiger partial charge is 0.384 e. The number of amides is 1. The van der Waals surface area contributed by atoms with Crippen molar-refractivity contribution in [1.82, 2.24) is 9.88 Å². The zero-order chi connectivity index (χ0) is 15.6. The number of carbonyl (C=O) groups excluding carboxylic acids is 1. The van der Waals surface area contributed by atoms with Crippen LogP contribution in [0.2, 0.25) is 0 Å². The van der Waals surface area contributed by atoms with Crippen molar-refractivity contribution in [3.8, 4) is 0 Å². The third-order valence-corrected chi connectivity index (χ3v) is 3.75. The van der Waals surface area contributed by atoms with Gasteiger partial charge in [0, 0.05) is 24.3 Å². The molecule has 116 valence electrons. The van der Waals surface area contributed by atoms with Gasteiger partial charge >= 0.3 is 6.18 Å². The first kappa shape index (κ1) is 15.6. The van der Waals surface area contributed by atoms with Crippen LogP contribution in [0.4, 0.5) is 19.0 Å². The number of alkyl halides is 3. The number of nitrogens with two attached hydrogens (primary N) is 1. The normalized spacial score (nSPS) is 17.0. The molecule has 1 saturated heterocycles. The molecule has 0 saturated carbocycles. The zero-order valence-electron chi connectivity index (χ0n) is 11.8. The van der Waals surface area contributed by atoms with Crippen molar-refractivity contribution in [2.75, 3.05) is 18.8 Å². The number of pyridine rings is 1. The minimum atomic E-state index is -4.17. The van der Waals surface area contributed by atoms with Gasteiger partial charge in [-0.3, -0.25) is 4.79 Å². The first-order valence-corrected chi connectivity index (χ1v) is 6.93. The Morgan fingerprint density at radius 3 is 2.52 bits per heavy atom. The molecule has 0 unspecified atom stereocenters. The topological polar surface area (TPSA) is 59.2 Å². The van der Waals surface area contributed by atoms with Gasteiger partial charge in [0.25, 0.3) is 5.91 Å². The van der Waals surface area contributed by atoms with E-state index in [1.807, 2.05) is 6.92 Å². The Morgan fingerprint density at radius 1 is 1.38 bits per heavy atom. The fourth-order valence-corrected chi connectivity index (χ4v) is 2.51. The van der Waals surface area contributed by atoms with Gasteiger partial charge in [-0.2, -0.15) is 13.2 Å². The first-order valence-electron chi connectivity index (χ1n) is 6.93. The molecule has 1 fully saturated rings. The molecule has 0 aliphatic carbocycles. The molecule has 0 aromatic carbocycles. The Kier molecular flexibility index (Phi) is 4.39. The highest BCUT2D eigenvalue weighted by atomic mass is 19.4. The molecule has 0 bridgehead atoms.